The summed E-state index contributed by atoms with van der Waals surface area (Å²) in [6.07, 6.45) is 10.3. The largest absolute Gasteiger partial charge is 0.293 e. The maximum atomic E-state index is 12.5. The molecule has 2 aliphatic rings. The van der Waals surface area contributed by atoms with Crippen molar-refractivity contribution in [1.29, 1.82) is 0 Å². The van der Waals surface area contributed by atoms with Crippen molar-refractivity contribution in [2.45, 2.75) is 6.92 Å². The fourth-order valence-corrected chi connectivity index (χ4v) is 3.19. The van der Waals surface area contributed by atoms with E-state index in [1.54, 1.807) is 0 Å². The summed E-state index contributed by atoms with van der Waals surface area (Å²) in [5.74, 6) is 0.381. The third kappa shape index (κ3) is 1.64. The quantitative estimate of drug-likeness (QED) is 0.694. The van der Waals surface area contributed by atoms with Crippen molar-refractivity contribution in [1.82, 2.24) is 0 Å². The molecule has 18 heavy (non-hydrogen) atoms. The average Bonchev–Trinajstić information content (AvgIpc) is 2.40. The minimum absolute atomic E-state index is 0.0389. The van der Waals surface area contributed by atoms with Gasteiger partial charge in [-0.2, -0.15) is 0 Å². The first-order valence-corrected chi connectivity index (χ1v) is 6.87. The van der Waals surface area contributed by atoms with E-state index in [2.05, 4.69) is 28.1 Å². The minimum atomic E-state index is -0.0389. The van der Waals surface area contributed by atoms with Crippen LogP contribution in [0.5, 0.6) is 0 Å². The van der Waals surface area contributed by atoms with Crippen LogP contribution in [-0.4, -0.2) is 5.78 Å². The predicted octanol–water partition coefficient (Wildman–Crippen LogP) is 4.41. The summed E-state index contributed by atoms with van der Waals surface area (Å²) in [5, 5.41) is 0. The van der Waals surface area contributed by atoms with Gasteiger partial charge in [0.05, 0.1) is 5.92 Å². The molecule has 90 valence electrons. The van der Waals surface area contributed by atoms with Crippen LogP contribution in [0.1, 0.15) is 22.8 Å². The van der Waals surface area contributed by atoms with Gasteiger partial charge in [-0.05, 0) is 30.2 Å². The van der Waals surface area contributed by atoms with Crippen molar-refractivity contribution in [2.24, 2.45) is 11.8 Å². The van der Waals surface area contributed by atoms with Gasteiger partial charge in [0.15, 0.2) is 5.78 Å². The van der Waals surface area contributed by atoms with E-state index < -0.39 is 0 Å². The molecule has 0 aromatic heterocycles. The molecule has 0 fully saturated rings. The highest BCUT2D eigenvalue weighted by atomic mass is 79.9. The summed E-state index contributed by atoms with van der Waals surface area (Å²) in [4.78, 5) is 12.5. The summed E-state index contributed by atoms with van der Waals surface area (Å²) >= 11 is 3.44. The first-order valence-electron chi connectivity index (χ1n) is 6.07. The van der Waals surface area contributed by atoms with Crippen molar-refractivity contribution in [3.05, 3.63) is 64.2 Å². The minimum Gasteiger partial charge on any atom is -0.293 e. The molecule has 0 amide bonds. The number of Topliss-reactive ketones (excluding diaryl/α,β-unsaturated/α-hetero) is 1. The number of hydrogen-bond donors (Lipinski definition) is 0. The number of carbonyl (C=O) groups is 1. The Hall–Kier alpha value is -1.41. The summed E-state index contributed by atoms with van der Waals surface area (Å²) in [7, 11) is 0. The van der Waals surface area contributed by atoms with E-state index in [-0.39, 0.29) is 17.6 Å². The van der Waals surface area contributed by atoms with E-state index in [1.807, 2.05) is 43.4 Å². The van der Waals surface area contributed by atoms with Gasteiger partial charge in [-0.3, -0.25) is 4.79 Å². The number of ketones is 1. The number of fused-ring (bicyclic) bond motifs is 2. The Morgan fingerprint density at radius 2 is 1.83 bits per heavy atom. The molecule has 0 bridgehead atoms. The van der Waals surface area contributed by atoms with Gasteiger partial charge in [0.2, 0.25) is 0 Å². The second-order valence-electron chi connectivity index (χ2n) is 4.62. The van der Waals surface area contributed by atoms with Gasteiger partial charge in [0, 0.05) is 16.0 Å². The molecule has 0 heterocycles. The Kier molecular flexibility index (Phi) is 2.83. The predicted molar refractivity (Wildman–Crippen MR) is 77.4 cm³/mol. The molecular formula is C16H13BrO. The van der Waals surface area contributed by atoms with Crippen molar-refractivity contribution < 1.29 is 4.79 Å². The van der Waals surface area contributed by atoms with Crippen molar-refractivity contribution >= 4 is 27.3 Å². The van der Waals surface area contributed by atoms with Crippen molar-refractivity contribution in [3.63, 3.8) is 0 Å². The van der Waals surface area contributed by atoms with Crippen LogP contribution in [0.2, 0.25) is 0 Å². The van der Waals surface area contributed by atoms with Crippen LogP contribution < -0.4 is 0 Å². The molecule has 0 aliphatic heterocycles. The normalized spacial score (nSPS) is 27.2. The zero-order valence-electron chi connectivity index (χ0n) is 10.1. The number of benzene rings is 1. The average molecular weight is 301 g/mol. The van der Waals surface area contributed by atoms with Gasteiger partial charge in [0.1, 0.15) is 0 Å². The first-order chi connectivity index (χ1) is 8.72. The lowest BCUT2D eigenvalue weighted by molar-refractivity contribution is 0.0927. The van der Waals surface area contributed by atoms with Crippen molar-refractivity contribution in [2.75, 3.05) is 0 Å². The van der Waals surface area contributed by atoms with Gasteiger partial charge < -0.3 is 0 Å². The zero-order chi connectivity index (χ0) is 12.7. The van der Waals surface area contributed by atoms with Crippen molar-refractivity contribution in [3.8, 4) is 0 Å². The van der Waals surface area contributed by atoms with Gasteiger partial charge in [0.25, 0.3) is 0 Å². The molecule has 0 saturated heterocycles. The molecule has 2 unspecified atom stereocenters. The lowest BCUT2D eigenvalue weighted by Gasteiger charge is -2.32. The highest BCUT2D eigenvalue weighted by Gasteiger charge is 2.36. The van der Waals surface area contributed by atoms with E-state index in [0.29, 0.717) is 0 Å². The van der Waals surface area contributed by atoms with Crippen LogP contribution in [0.3, 0.4) is 0 Å². The van der Waals surface area contributed by atoms with Gasteiger partial charge in [-0.1, -0.05) is 52.4 Å². The summed E-state index contributed by atoms with van der Waals surface area (Å²) in [6, 6.07) is 5.97. The van der Waals surface area contributed by atoms with E-state index >= 15 is 0 Å². The number of carbonyl (C=O) groups excluding carboxylic acids is 1. The van der Waals surface area contributed by atoms with Gasteiger partial charge in [-0.25, -0.2) is 0 Å². The zero-order valence-corrected chi connectivity index (χ0v) is 11.6. The second kappa shape index (κ2) is 4.36. The fourth-order valence-electron chi connectivity index (χ4n) is 2.83. The summed E-state index contributed by atoms with van der Waals surface area (Å²) in [5.41, 5.74) is 3.16. The summed E-state index contributed by atoms with van der Waals surface area (Å²) < 4.78 is 0.957. The number of hydrogen-bond acceptors (Lipinski definition) is 1. The summed E-state index contributed by atoms with van der Waals surface area (Å²) in [6.45, 7) is 2.04. The molecule has 0 radical (unpaired) electrons. The number of rotatable bonds is 0. The Labute approximate surface area is 115 Å². The molecule has 1 aromatic rings. The molecule has 2 aliphatic carbocycles. The van der Waals surface area contributed by atoms with E-state index in [1.165, 1.54) is 5.57 Å². The Bertz CT molecular complexity index is 608. The number of allylic oxidation sites excluding steroid dienone is 6. The highest BCUT2D eigenvalue weighted by Crippen LogP contribution is 2.42. The number of halogens is 1. The molecule has 2 heteroatoms. The molecule has 0 saturated carbocycles. The van der Waals surface area contributed by atoms with Crippen LogP contribution in [-0.2, 0) is 0 Å². The molecule has 1 nitrogen and oxygen atoms in total. The second-order valence-corrected chi connectivity index (χ2v) is 5.54. The van der Waals surface area contributed by atoms with Crippen LogP contribution in [0, 0.1) is 11.8 Å². The van der Waals surface area contributed by atoms with Crippen LogP contribution >= 0.6 is 15.9 Å². The lowest BCUT2D eigenvalue weighted by Crippen LogP contribution is -2.29. The van der Waals surface area contributed by atoms with E-state index in [0.717, 1.165) is 15.6 Å². The lowest BCUT2D eigenvalue weighted by atomic mass is 9.70. The smallest absolute Gasteiger partial charge is 0.171 e. The molecule has 2 atom stereocenters. The third-order valence-electron chi connectivity index (χ3n) is 3.67. The SMILES string of the molecule is CC=C1c2ccc(Br)cc2C(=O)C2C=CC=CC12. The first kappa shape index (κ1) is 11.7. The van der Waals surface area contributed by atoms with Gasteiger partial charge in [-0.15, -0.1) is 0 Å². The monoisotopic (exact) mass is 300 g/mol. The topological polar surface area (TPSA) is 17.1 Å². The molecular weight excluding hydrogens is 288 g/mol. The molecule has 1 aromatic carbocycles. The molecule has 0 N–H and O–H groups in total. The van der Waals surface area contributed by atoms with Gasteiger partial charge >= 0.3 is 0 Å². The van der Waals surface area contributed by atoms with E-state index in [4.69, 9.17) is 0 Å². The molecule has 3 rings (SSSR count). The highest BCUT2D eigenvalue weighted by molar-refractivity contribution is 9.10. The van der Waals surface area contributed by atoms with Crippen LogP contribution in [0.25, 0.3) is 5.57 Å². The Balaban J connectivity index is 2.24. The van der Waals surface area contributed by atoms with Crippen LogP contribution in [0.15, 0.2) is 53.1 Å². The standard InChI is InChI=1S/C16H13BrO/c1-2-11-12-5-3-4-6-14(12)16(18)15-9-10(17)7-8-13(11)15/h2-9,12,14H,1H3. The Morgan fingerprint density at radius 3 is 2.56 bits per heavy atom. The van der Waals surface area contributed by atoms with Crippen LogP contribution in [0.4, 0.5) is 0 Å². The maximum absolute atomic E-state index is 12.5. The third-order valence-corrected chi connectivity index (χ3v) is 4.16. The Morgan fingerprint density at radius 1 is 1.11 bits per heavy atom. The fraction of sp³-hybridized carbons (Fsp3) is 0.188. The van der Waals surface area contributed by atoms with E-state index in [9.17, 15) is 4.79 Å². The maximum Gasteiger partial charge on any atom is 0.171 e. The molecule has 0 spiro atoms.